The van der Waals surface area contributed by atoms with Crippen molar-refractivity contribution < 1.29 is 153 Å². The van der Waals surface area contributed by atoms with Crippen LogP contribution < -0.4 is 143 Å². The predicted molar refractivity (Wildman–Crippen MR) is 16.4 cm³/mol. The third kappa shape index (κ3) is 108. The molecule has 0 rings (SSSR count). The number of nitrogens with zero attached hydrogens (tertiary/aromatic N) is 1. The van der Waals surface area contributed by atoms with Crippen LogP contribution in [-0.4, -0.2) is 11.6 Å². The fraction of sp³-hybridized carbons (Fsp3) is 0. The molecule has 0 atom stereocenters. The molecule has 0 aliphatic carbocycles. The van der Waals surface area contributed by atoms with E-state index in [2.05, 4.69) is 0 Å². The molecule has 0 aromatic rings. The van der Waals surface area contributed by atoms with Crippen LogP contribution in [0.25, 0.3) is 0 Å². The fourth-order valence-corrected chi connectivity index (χ4v) is 0. The molecule has 9 heavy (non-hydrogen) atoms. The third-order valence-corrected chi connectivity index (χ3v) is 0. The van der Waals surface area contributed by atoms with Crippen molar-refractivity contribution >= 4 is 6.47 Å². The largest absolute Gasteiger partial charge is 1.00 e. The van der Waals surface area contributed by atoms with Crippen LogP contribution in [0, 0.1) is 15.3 Å². The molecular formula is CHCs2NO5. The minimum atomic E-state index is -1.75. The molecule has 0 spiro atoms. The Morgan fingerprint density at radius 1 is 1.22 bits per heavy atom. The van der Waals surface area contributed by atoms with Crippen molar-refractivity contribution in [2.24, 2.45) is 0 Å². The molecule has 0 radical (unpaired) electrons. The van der Waals surface area contributed by atoms with Gasteiger partial charge in [0.15, 0.2) is 0 Å². The topological polar surface area (TPSA) is 106 Å². The molecule has 42 valence electrons. The van der Waals surface area contributed by atoms with E-state index in [4.69, 9.17) is 25.2 Å². The Morgan fingerprint density at radius 2 is 1.22 bits per heavy atom. The Morgan fingerprint density at radius 3 is 1.22 bits per heavy atom. The summed E-state index contributed by atoms with van der Waals surface area (Å²) in [7, 11) is 0. The van der Waals surface area contributed by atoms with Gasteiger partial charge in [0.1, 0.15) is 0 Å². The molecule has 8 heteroatoms. The van der Waals surface area contributed by atoms with E-state index in [1.807, 2.05) is 0 Å². The first kappa shape index (κ1) is 22.6. The first-order valence-corrected chi connectivity index (χ1v) is 1.02. The van der Waals surface area contributed by atoms with Crippen molar-refractivity contribution in [1.29, 1.82) is 0 Å². The second-order valence-corrected chi connectivity index (χ2v) is 0.320. The molecule has 0 unspecified atom stereocenters. The Bertz CT molecular complexity index is 62.0. The molecule has 0 aliphatic rings. The van der Waals surface area contributed by atoms with Crippen molar-refractivity contribution in [3.63, 3.8) is 0 Å². The summed E-state index contributed by atoms with van der Waals surface area (Å²) in [5.74, 6) is 0. The van der Waals surface area contributed by atoms with Gasteiger partial charge in [-0.2, -0.15) is 0 Å². The maximum Gasteiger partial charge on any atom is 1.00 e. The van der Waals surface area contributed by atoms with Crippen LogP contribution in [0.1, 0.15) is 0 Å². The van der Waals surface area contributed by atoms with Crippen LogP contribution >= 0.6 is 0 Å². The van der Waals surface area contributed by atoms with Gasteiger partial charge in [-0.05, 0) is 0 Å². The number of carbonyl (C=O) groups is 1. The molecule has 0 heterocycles. The normalized spacial score (nSPS) is 4.00. The maximum atomic E-state index is 8.25. The standard InChI is InChI=1S/CH2O2.2Cs.NO3/c2-1-3;;;2-1(3)4/h1H,(H,2,3);;;/q;2*+1;-1/p-1. The molecule has 0 amide bonds. The number of rotatable bonds is 0. The molecule has 0 aliphatic heterocycles. The van der Waals surface area contributed by atoms with E-state index >= 15 is 0 Å². The van der Waals surface area contributed by atoms with Crippen LogP contribution in [0.15, 0.2) is 0 Å². The second-order valence-electron chi connectivity index (χ2n) is 0.320. The van der Waals surface area contributed by atoms with Crippen molar-refractivity contribution in [2.45, 2.75) is 0 Å². The van der Waals surface area contributed by atoms with Crippen LogP contribution in [0.5, 0.6) is 0 Å². The average Bonchev–Trinajstić information content (AvgIpc) is 1.33. The van der Waals surface area contributed by atoms with Crippen LogP contribution in [0.4, 0.5) is 0 Å². The van der Waals surface area contributed by atoms with E-state index in [9.17, 15) is 0 Å². The Kier molecular flexibility index (Phi) is 56.4. The quantitative estimate of drug-likeness (QED) is 0.238. The summed E-state index contributed by atoms with van der Waals surface area (Å²) in [6.45, 7) is -0.500. The third-order valence-electron chi connectivity index (χ3n) is 0. The van der Waals surface area contributed by atoms with Crippen molar-refractivity contribution in [1.82, 2.24) is 0 Å². The molecular weight excluding hydrogens is 372 g/mol. The minimum Gasteiger partial charge on any atom is -0.554 e. The minimum absolute atomic E-state index is 0. The Hall–Kier alpha value is 2.77. The van der Waals surface area contributed by atoms with Gasteiger partial charge in [0.2, 0.25) is 0 Å². The molecule has 0 aromatic heterocycles. The van der Waals surface area contributed by atoms with Crippen molar-refractivity contribution in [2.75, 3.05) is 0 Å². The molecule has 0 fully saturated rings. The Balaban J connectivity index is -0.0000000233. The molecule has 0 saturated carbocycles. The molecule has 6 nitrogen and oxygen atoms in total. The fourth-order valence-electron chi connectivity index (χ4n) is 0. The molecule has 0 bridgehead atoms. The molecule has 0 saturated heterocycles. The van der Waals surface area contributed by atoms with E-state index in [1.54, 1.807) is 0 Å². The second kappa shape index (κ2) is 22.4. The first-order valence-electron chi connectivity index (χ1n) is 1.02. The van der Waals surface area contributed by atoms with E-state index in [0.717, 1.165) is 0 Å². The van der Waals surface area contributed by atoms with Crippen LogP contribution in [-0.2, 0) is 4.79 Å². The van der Waals surface area contributed by atoms with Crippen molar-refractivity contribution in [3.05, 3.63) is 15.3 Å². The van der Waals surface area contributed by atoms with Crippen LogP contribution in [0.2, 0.25) is 0 Å². The summed E-state index contributed by atoms with van der Waals surface area (Å²) >= 11 is 0. The van der Waals surface area contributed by atoms with Gasteiger partial charge in [-0.15, -0.1) is 0 Å². The average molecular weight is 373 g/mol. The summed E-state index contributed by atoms with van der Waals surface area (Å²) in [6.07, 6.45) is 0. The molecule has 0 N–H and O–H groups in total. The number of carboxylic acid groups (broad SMARTS) is 1. The first-order chi connectivity index (χ1) is 3.15. The van der Waals surface area contributed by atoms with Gasteiger partial charge < -0.3 is 25.2 Å². The summed E-state index contributed by atoms with van der Waals surface area (Å²) in [5.41, 5.74) is 0. The molecule has 0 aromatic carbocycles. The van der Waals surface area contributed by atoms with Gasteiger partial charge in [-0.3, -0.25) is 0 Å². The number of hydrogen-bond acceptors (Lipinski definition) is 5. The van der Waals surface area contributed by atoms with Gasteiger partial charge in [0.05, 0.1) is 5.09 Å². The SMILES string of the molecule is O=C[O-].O=[N+]([O-])[O-].[Cs+].[Cs+]. The zero-order valence-corrected chi connectivity index (χ0v) is 17.6. The summed E-state index contributed by atoms with van der Waals surface area (Å²) in [5, 5.41) is 23.0. The smallest absolute Gasteiger partial charge is 0.554 e. The van der Waals surface area contributed by atoms with E-state index in [-0.39, 0.29) is 138 Å². The van der Waals surface area contributed by atoms with E-state index in [0.29, 0.717) is 0 Å². The number of carbonyl (C=O) groups excluding carboxylic acids is 1. The van der Waals surface area contributed by atoms with Gasteiger partial charge >= 0.3 is 138 Å². The maximum absolute atomic E-state index is 8.25. The zero-order valence-electron chi connectivity index (χ0n) is 5.07. The van der Waals surface area contributed by atoms with Gasteiger partial charge in [-0.25, -0.2) is 0 Å². The van der Waals surface area contributed by atoms with Gasteiger partial charge in [0.25, 0.3) is 0 Å². The van der Waals surface area contributed by atoms with Gasteiger partial charge in [0, 0.05) is 6.47 Å². The zero-order chi connectivity index (χ0) is 6.28. The van der Waals surface area contributed by atoms with Crippen molar-refractivity contribution in [3.8, 4) is 0 Å². The summed E-state index contributed by atoms with van der Waals surface area (Å²) in [4.78, 5) is 16.5. The van der Waals surface area contributed by atoms with Crippen LogP contribution in [0.3, 0.4) is 0 Å². The number of hydrogen-bond donors (Lipinski definition) is 0. The Labute approximate surface area is 169 Å². The summed E-state index contributed by atoms with van der Waals surface area (Å²) in [6, 6.07) is 0. The van der Waals surface area contributed by atoms with E-state index in [1.165, 1.54) is 0 Å². The van der Waals surface area contributed by atoms with Gasteiger partial charge in [-0.1, -0.05) is 0 Å². The monoisotopic (exact) mass is 373 g/mol. The summed E-state index contributed by atoms with van der Waals surface area (Å²) < 4.78 is 0. The predicted octanol–water partition coefficient (Wildman–Crippen LogP) is -7.86. The van der Waals surface area contributed by atoms with E-state index < -0.39 is 11.6 Å².